The van der Waals surface area contributed by atoms with E-state index in [4.69, 9.17) is 10.6 Å². The van der Waals surface area contributed by atoms with Gasteiger partial charge in [0.2, 0.25) is 7.98 Å². The van der Waals surface area contributed by atoms with Gasteiger partial charge in [0.1, 0.15) is 14.0 Å². The third kappa shape index (κ3) is 3.97. The number of nitrogens with zero attached hydrogens (tertiary/aromatic N) is 1. The minimum Gasteiger partial charge on any atom is -0.446 e. The van der Waals surface area contributed by atoms with Crippen molar-refractivity contribution in [2.75, 3.05) is 0 Å². The first kappa shape index (κ1) is 11.8. The van der Waals surface area contributed by atoms with Crippen LogP contribution in [0.25, 0.3) is 0 Å². The second-order valence-electron chi connectivity index (χ2n) is 2.64. The van der Waals surface area contributed by atoms with Crippen LogP contribution >= 0.6 is 11.6 Å². The number of hydrogen-bond acceptors (Lipinski definition) is 4. The molecule has 0 saturated carbocycles. The normalized spacial score (nSPS) is 14.8. The highest BCUT2D eigenvalue weighted by atomic mass is 32.2. The van der Waals surface area contributed by atoms with E-state index in [9.17, 15) is 4.79 Å². The van der Waals surface area contributed by atoms with Crippen molar-refractivity contribution in [2.45, 2.75) is 18.2 Å². The predicted molar refractivity (Wildman–Crippen MR) is 59.0 cm³/mol. The molecule has 2 atom stereocenters. The largest absolute Gasteiger partial charge is 0.446 e. The minimum atomic E-state index is -0.497. The van der Waals surface area contributed by atoms with E-state index in [1.165, 1.54) is 7.98 Å². The summed E-state index contributed by atoms with van der Waals surface area (Å²) in [5.74, 6) is 5.18. The van der Waals surface area contributed by atoms with Gasteiger partial charge in [-0.1, -0.05) is 0 Å². The Morgan fingerprint density at radius 3 is 2.58 bits per heavy atom. The van der Waals surface area contributed by atoms with E-state index in [-0.39, 0.29) is 11.3 Å². The quantitative estimate of drug-likeness (QED) is 0.228. The first-order chi connectivity index (χ1) is 5.49. The SMILES string of the molecule is BSC(B)C(C)OC(=O)N(B)N. The first-order valence-corrected chi connectivity index (χ1v) is 4.99. The van der Waals surface area contributed by atoms with Gasteiger partial charge >= 0.3 is 6.09 Å². The summed E-state index contributed by atoms with van der Waals surface area (Å²) in [6.07, 6.45) is -0.609. The van der Waals surface area contributed by atoms with Crippen LogP contribution in [0.15, 0.2) is 0 Å². The van der Waals surface area contributed by atoms with E-state index in [1.807, 2.05) is 21.9 Å². The molecule has 0 aromatic rings. The fraction of sp³-hybridized carbons (Fsp3) is 0.750. The molecular formula is C4H13B3N2O2S. The molecule has 0 fully saturated rings. The van der Waals surface area contributed by atoms with Gasteiger partial charge in [-0.25, -0.2) is 16.4 Å². The van der Waals surface area contributed by atoms with Crippen LogP contribution in [-0.4, -0.2) is 45.2 Å². The molecule has 0 heterocycles. The summed E-state index contributed by atoms with van der Waals surface area (Å²) in [5.41, 5.74) is 0. The van der Waals surface area contributed by atoms with Crippen LogP contribution in [0.5, 0.6) is 0 Å². The summed E-state index contributed by atoms with van der Waals surface area (Å²) < 4.78 is 5.01. The van der Waals surface area contributed by atoms with Crippen LogP contribution in [0.2, 0.25) is 0 Å². The molecule has 0 spiro atoms. The van der Waals surface area contributed by atoms with Crippen LogP contribution in [0.4, 0.5) is 4.79 Å². The smallest absolute Gasteiger partial charge is 0.411 e. The maximum absolute atomic E-state index is 10.9. The van der Waals surface area contributed by atoms with E-state index in [0.717, 1.165) is 4.92 Å². The van der Waals surface area contributed by atoms with Gasteiger partial charge in [0, 0.05) is 5.15 Å². The molecule has 66 valence electrons. The lowest BCUT2D eigenvalue weighted by Gasteiger charge is -2.21. The topological polar surface area (TPSA) is 55.6 Å². The van der Waals surface area contributed by atoms with Gasteiger partial charge in [-0.3, -0.25) is 5.84 Å². The van der Waals surface area contributed by atoms with Crippen molar-refractivity contribution in [3.8, 4) is 0 Å². The van der Waals surface area contributed by atoms with E-state index < -0.39 is 6.09 Å². The van der Waals surface area contributed by atoms with E-state index in [2.05, 4.69) is 0 Å². The molecule has 0 aliphatic heterocycles. The monoisotopic (exact) mass is 186 g/mol. The molecule has 1 amide bonds. The van der Waals surface area contributed by atoms with Crippen LogP contribution in [-0.2, 0) is 4.74 Å². The Hall–Kier alpha value is -0.225. The Balaban J connectivity index is 3.83. The maximum Gasteiger partial charge on any atom is 0.411 e. The Labute approximate surface area is 79.7 Å². The standard InChI is InChI=1S/C4H13B3N2O2S/c1-2(3(5)12-7)11-4(10)9(6)8/h2-3H,5-8H2,1H3. The Kier molecular flexibility index (Phi) is 5.32. The van der Waals surface area contributed by atoms with Gasteiger partial charge < -0.3 is 9.66 Å². The molecule has 0 aromatic heterocycles. The van der Waals surface area contributed by atoms with Crippen molar-refractivity contribution in [1.82, 2.24) is 4.92 Å². The van der Waals surface area contributed by atoms with Crippen LogP contribution in [0, 0.1) is 0 Å². The molecule has 12 heavy (non-hydrogen) atoms. The average molecular weight is 186 g/mol. The minimum absolute atomic E-state index is 0.113. The summed E-state index contributed by atoms with van der Waals surface area (Å²) in [5, 5.41) is 0.286. The molecule has 0 rings (SSSR count). The molecule has 0 radical (unpaired) electrons. The van der Waals surface area contributed by atoms with Gasteiger partial charge in [-0.15, -0.1) is 0 Å². The molecule has 2 unspecified atom stereocenters. The van der Waals surface area contributed by atoms with Crippen molar-refractivity contribution >= 4 is 40.7 Å². The molecule has 0 aliphatic rings. The zero-order valence-electron chi connectivity index (χ0n) is 7.90. The van der Waals surface area contributed by atoms with E-state index in [0.29, 0.717) is 0 Å². The molecule has 4 nitrogen and oxygen atoms in total. The Morgan fingerprint density at radius 2 is 2.25 bits per heavy atom. The van der Waals surface area contributed by atoms with Crippen molar-refractivity contribution < 1.29 is 9.53 Å². The fourth-order valence-corrected chi connectivity index (χ4v) is 0.968. The first-order valence-electron chi connectivity index (χ1n) is 3.70. The van der Waals surface area contributed by atoms with Crippen LogP contribution in [0.1, 0.15) is 6.92 Å². The lowest BCUT2D eigenvalue weighted by Crippen LogP contribution is -2.39. The van der Waals surface area contributed by atoms with E-state index in [1.54, 1.807) is 11.6 Å². The predicted octanol–water partition coefficient (Wildman–Crippen LogP) is -2.52. The third-order valence-electron chi connectivity index (χ3n) is 1.61. The molecule has 0 saturated heterocycles. The molecule has 8 heteroatoms. The van der Waals surface area contributed by atoms with Gasteiger partial charge in [0.05, 0.1) is 0 Å². The number of hydrazine groups is 1. The molecule has 2 N–H and O–H groups in total. The Bertz CT molecular complexity index is 159. The molecule has 0 aromatic carbocycles. The summed E-state index contributed by atoms with van der Waals surface area (Å²) in [7, 11) is 5.43. The van der Waals surface area contributed by atoms with Crippen LogP contribution in [0.3, 0.4) is 0 Å². The fourth-order valence-electron chi connectivity index (χ4n) is 0.530. The van der Waals surface area contributed by atoms with Gasteiger partial charge in [-0.2, -0.15) is 0 Å². The highest BCUT2D eigenvalue weighted by Crippen LogP contribution is 2.09. The number of carbonyl (C=O) groups excluding carboxylic acids is 1. The molecular weight excluding hydrogens is 173 g/mol. The van der Waals surface area contributed by atoms with E-state index >= 15 is 0 Å². The Morgan fingerprint density at radius 1 is 1.75 bits per heavy atom. The number of hydrogen-bond donors (Lipinski definition) is 1. The zero-order valence-corrected chi connectivity index (χ0v) is 8.72. The molecule has 0 bridgehead atoms. The van der Waals surface area contributed by atoms with Crippen LogP contribution < -0.4 is 5.84 Å². The van der Waals surface area contributed by atoms with Crippen molar-refractivity contribution in [2.24, 2.45) is 5.84 Å². The van der Waals surface area contributed by atoms with Crippen molar-refractivity contribution in [3.05, 3.63) is 0 Å². The molecule has 0 aliphatic carbocycles. The lowest BCUT2D eigenvalue weighted by atomic mass is 9.99. The number of amides is 1. The maximum atomic E-state index is 10.9. The number of nitrogens with two attached hydrogens (primary N) is 1. The summed E-state index contributed by atoms with van der Waals surface area (Å²) >= 11 is 1.65. The third-order valence-corrected chi connectivity index (χ3v) is 2.73. The average Bonchev–Trinajstić information content (AvgIpc) is 2.02. The second-order valence-corrected chi connectivity index (χ2v) is 3.86. The summed E-state index contributed by atoms with van der Waals surface area (Å²) in [6.45, 7) is 1.85. The number of rotatable bonds is 3. The van der Waals surface area contributed by atoms with Crippen molar-refractivity contribution in [3.63, 3.8) is 0 Å². The van der Waals surface area contributed by atoms with Gasteiger partial charge in [0.25, 0.3) is 0 Å². The second kappa shape index (κ2) is 5.43. The highest BCUT2D eigenvalue weighted by molar-refractivity contribution is 8.20. The number of ether oxygens (including phenoxy) is 1. The number of carbonyl (C=O) groups is 1. The lowest BCUT2D eigenvalue weighted by molar-refractivity contribution is 0.0955. The summed E-state index contributed by atoms with van der Waals surface area (Å²) in [6, 6.07) is 0. The van der Waals surface area contributed by atoms with Crippen molar-refractivity contribution in [1.29, 1.82) is 0 Å². The van der Waals surface area contributed by atoms with Gasteiger partial charge in [0.15, 0.2) is 7.12 Å². The highest BCUT2D eigenvalue weighted by Gasteiger charge is 2.16. The summed E-state index contributed by atoms with van der Waals surface area (Å²) in [4.78, 5) is 11.9. The zero-order chi connectivity index (χ0) is 9.72. The van der Waals surface area contributed by atoms with Gasteiger partial charge in [-0.05, 0) is 6.92 Å².